The summed E-state index contributed by atoms with van der Waals surface area (Å²) in [5, 5.41) is 2.19. The molecule has 0 bridgehead atoms. The third-order valence-corrected chi connectivity index (χ3v) is 5.20. The average Bonchev–Trinajstić information content (AvgIpc) is 2.77. The van der Waals surface area contributed by atoms with Crippen LogP contribution < -0.4 is 19.8 Å². The Morgan fingerprint density at radius 2 is 1.86 bits per heavy atom. The second-order valence-electron chi connectivity index (χ2n) is 6.81. The second-order valence-corrected chi connectivity index (χ2v) is 6.81. The highest BCUT2D eigenvalue weighted by atomic mass is 16.5. The van der Waals surface area contributed by atoms with Gasteiger partial charge in [-0.3, -0.25) is 4.79 Å². The van der Waals surface area contributed by atoms with Gasteiger partial charge in [0.1, 0.15) is 23.1 Å². The van der Waals surface area contributed by atoms with Gasteiger partial charge in [0.05, 0.1) is 25.3 Å². The van der Waals surface area contributed by atoms with Crippen molar-refractivity contribution in [3.63, 3.8) is 0 Å². The lowest BCUT2D eigenvalue weighted by Gasteiger charge is -2.21. The summed E-state index contributed by atoms with van der Waals surface area (Å²) in [4.78, 5) is 20.3. The Morgan fingerprint density at radius 1 is 1.00 bits per heavy atom. The van der Waals surface area contributed by atoms with E-state index in [9.17, 15) is 4.79 Å². The van der Waals surface area contributed by atoms with Gasteiger partial charge < -0.3 is 19.2 Å². The molecule has 0 spiro atoms. The first-order valence-corrected chi connectivity index (χ1v) is 9.22. The van der Waals surface area contributed by atoms with Gasteiger partial charge in [0.2, 0.25) is 5.88 Å². The first kappa shape index (κ1) is 17.3. The van der Waals surface area contributed by atoms with Crippen molar-refractivity contribution in [1.82, 2.24) is 9.97 Å². The Kier molecular flexibility index (Phi) is 3.98. The number of H-pyrrole nitrogens is 1. The van der Waals surface area contributed by atoms with E-state index in [4.69, 9.17) is 14.2 Å². The smallest absolute Gasteiger partial charge is 0.258 e. The molecule has 0 unspecified atom stereocenters. The number of hydrogen-bond acceptors (Lipinski definition) is 5. The summed E-state index contributed by atoms with van der Waals surface area (Å²) < 4.78 is 16.7. The first-order valence-electron chi connectivity index (χ1n) is 9.22. The Balaban J connectivity index is 1.63. The van der Waals surface area contributed by atoms with Gasteiger partial charge in [-0.15, -0.1) is 0 Å². The minimum atomic E-state index is -0.221. The summed E-state index contributed by atoms with van der Waals surface area (Å²) in [6.45, 7) is 0. The predicted molar refractivity (Wildman–Crippen MR) is 110 cm³/mol. The molecule has 0 aliphatic carbocycles. The zero-order chi connectivity index (χ0) is 20.0. The first-order chi connectivity index (χ1) is 14.2. The van der Waals surface area contributed by atoms with Crippen LogP contribution in [0.3, 0.4) is 0 Å². The molecule has 0 saturated carbocycles. The summed E-state index contributed by atoms with van der Waals surface area (Å²) in [6.07, 6.45) is 0.467. The summed E-state index contributed by atoms with van der Waals surface area (Å²) in [7, 11) is 3.15. The average molecular weight is 386 g/mol. The number of nitrogens with zero attached hydrogens (tertiary/aromatic N) is 1. The van der Waals surface area contributed by atoms with Crippen molar-refractivity contribution in [2.75, 3.05) is 14.2 Å². The molecule has 0 saturated heterocycles. The molecule has 6 heteroatoms. The van der Waals surface area contributed by atoms with E-state index in [-0.39, 0.29) is 5.56 Å². The van der Waals surface area contributed by atoms with Crippen molar-refractivity contribution in [3.05, 3.63) is 76.1 Å². The van der Waals surface area contributed by atoms with Crippen molar-refractivity contribution in [2.24, 2.45) is 0 Å². The number of benzene rings is 3. The van der Waals surface area contributed by atoms with Crippen molar-refractivity contribution in [3.8, 4) is 34.5 Å². The van der Waals surface area contributed by atoms with E-state index in [0.717, 1.165) is 22.1 Å². The van der Waals surface area contributed by atoms with E-state index in [0.29, 0.717) is 40.8 Å². The number of rotatable bonds is 3. The van der Waals surface area contributed by atoms with Gasteiger partial charge >= 0.3 is 0 Å². The monoisotopic (exact) mass is 386 g/mol. The minimum Gasteiger partial charge on any atom is -0.497 e. The van der Waals surface area contributed by atoms with Gasteiger partial charge in [0.15, 0.2) is 0 Å². The largest absolute Gasteiger partial charge is 0.497 e. The fourth-order valence-corrected chi connectivity index (χ4v) is 3.71. The number of aromatic nitrogens is 2. The van der Waals surface area contributed by atoms with Crippen LogP contribution in [-0.2, 0) is 6.42 Å². The molecule has 0 amide bonds. The Bertz CT molecular complexity index is 1310. The Morgan fingerprint density at radius 3 is 2.69 bits per heavy atom. The van der Waals surface area contributed by atoms with Crippen LogP contribution in [0.5, 0.6) is 23.1 Å². The molecule has 2 heterocycles. The third-order valence-electron chi connectivity index (χ3n) is 5.20. The molecule has 5 rings (SSSR count). The highest BCUT2D eigenvalue weighted by Gasteiger charge is 2.24. The van der Waals surface area contributed by atoms with E-state index < -0.39 is 0 Å². The van der Waals surface area contributed by atoms with Crippen LogP contribution in [0.15, 0.2) is 59.4 Å². The molecule has 1 N–H and O–H groups in total. The number of ether oxygens (including phenoxy) is 3. The number of methoxy groups -OCH3 is 2. The molecule has 3 aromatic carbocycles. The number of nitrogens with one attached hydrogen (secondary N) is 1. The lowest BCUT2D eigenvalue weighted by atomic mass is 9.96. The zero-order valence-corrected chi connectivity index (χ0v) is 16.0. The van der Waals surface area contributed by atoms with Crippen LogP contribution in [-0.4, -0.2) is 24.2 Å². The topological polar surface area (TPSA) is 73.4 Å². The fraction of sp³-hybridized carbons (Fsp3) is 0.130. The van der Waals surface area contributed by atoms with Gasteiger partial charge in [0, 0.05) is 18.1 Å². The van der Waals surface area contributed by atoms with Crippen LogP contribution in [0.25, 0.3) is 22.2 Å². The molecule has 1 aliphatic rings. The second kappa shape index (κ2) is 6.67. The third kappa shape index (κ3) is 2.81. The van der Waals surface area contributed by atoms with Gasteiger partial charge in [-0.1, -0.05) is 30.3 Å². The summed E-state index contributed by atoms with van der Waals surface area (Å²) in [6, 6.07) is 17.3. The van der Waals surface area contributed by atoms with Crippen molar-refractivity contribution in [2.45, 2.75) is 6.42 Å². The molecular formula is C23H18N2O4. The lowest BCUT2D eigenvalue weighted by molar-refractivity contribution is 0.395. The van der Waals surface area contributed by atoms with Gasteiger partial charge in [-0.25, -0.2) is 0 Å². The van der Waals surface area contributed by atoms with Gasteiger partial charge in [-0.05, 0) is 29.0 Å². The molecule has 0 radical (unpaired) electrons. The molecule has 144 valence electrons. The van der Waals surface area contributed by atoms with Crippen LogP contribution >= 0.6 is 0 Å². The normalized spacial score (nSPS) is 12.1. The van der Waals surface area contributed by atoms with Crippen LogP contribution in [0.1, 0.15) is 11.1 Å². The highest BCUT2D eigenvalue weighted by molar-refractivity contribution is 5.88. The number of hydrogen-bond donors (Lipinski definition) is 1. The minimum absolute atomic E-state index is 0.221. The molecule has 0 fully saturated rings. The molecule has 1 aliphatic heterocycles. The number of aromatic amines is 1. The summed E-state index contributed by atoms with van der Waals surface area (Å²) in [5.41, 5.74) is 1.95. The van der Waals surface area contributed by atoms with Gasteiger partial charge in [0.25, 0.3) is 5.56 Å². The fourth-order valence-electron chi connectivity index (χ4n) is 3.71. The van der Waals surface area contributed by atoms with Gasteiger partial charge in [-0.2, -0.15) is 4.98 Å². The maximum Gasteiger partial charge on any atom is 0.258 e. The SMILES string of the molecule is COc1ccc(-c2nc3c(c(=O)[nH]2)Cc2c(ccc4ccccc24)O3)c(OC)c1. The van der Waals surface area contributed by atoms with E-state index in [1.807, 2.05) is 36.4 Å². The summed E-state index contributed by atoms with van der Waals surface area (Å²) >= 11 is 0. The van der Waals surface area contributed by atoms with Crippen LogP contribution in [0.4, 0.5) is 0 Å². The quantitative estimate of drug-likeness (QED) is 0.500. The molecule has 6 nitrogen and oxygen atoms in total. The van der Waals surface area contributed by atoms with Crippen molar-refractivity contribution >= 4 is 10.8 Å². The lowest BCUT2D eigenvalue weighted by Crippen LogP contribution is -2.20. The standard InChI is InChI=1S/C23H18N2O4/c1-27-14-8-9-16(20(11-14)28-2)21-24-22(26)18-12-17-15-6-4-3-5-13(15)7-10-19(17)29-23(18)25-21/h3-11H,12H2,1-2H3,(H,24,25,26). The van der Waals surface area contributed by atoms with Crippen molar-refractivity contribution in [1.29, 1.82) is 0 Å². The molecular weight excluding hydrogens is 368 g/mol. The predicted octanol–water partition coefficient (Wildman–Crippen LogP) is 4.30. The Hall–Kier alpha value is -3.80. The zero-order valence-electron chi connectivity index (χ0n) is 16.0. The van der Waals surface area contributed by atoms with E-state index in [1.54, 1.807) is 32.4 Å². The molecule has 29 heavy (non-hydrogen) atoms. The molecule has 4 aromatic rings. The van der Waals surface area contributed by atoms with Crippen molar-refractivity contribution < 1.29 is 14.2 Å². The summed E-state index contributed by atoms with van der Waals surface area (Å²) in [5.74, 6) is 2.64. The van der Waals surface area contributed by atoms with E-state index in [1.165, 1.54) is 0 Å². The van der Waals surface area contributed by atoms with Crippen LogP contribution in [0.2, 0.25) is 0 Å². The van der Waals surface area contributed by atoms with E-state index >= 15 is 0 Å². The number of fused-ring (bicyclic) bond motifs is 4. The maximum absolute atomic E-state index is 12.9. The Labute approximate surface area is 166 Å². The molecule has 1 aromatic heterocycles. The molecule has 0 atom stereocenters. The van der Waals surface area contributed by atoms with E-state index in [2.05, 4.69) is 9.97 Å². The maximum atomic E-state index is 12.9. The van der Waals surface area contributed by atoms with Crippen LogP contribution in [0, 0.1) is 0 Å². The highest BCUT2D eigenvalue weighted by Crippen LogP contribution is 2.39.